The first-order chi connectivity index (χ1) is 9.36. The van der Waals surface area contributed by atoms with E-state index < -0.39 is 0 Å². The van der Waals surface area contributed by atoms with Gasteiger partial charge in [0.25, 0.3) is 0 Å². The molecule has 1 aliphatic heterocycles. The number of fused-ring (bicyclic) bond motifs is 1. The van der Waals surface area contributed by atoms with Gasteiger partial charge in [-0.3, -0.25) is 4.90 Å². The Hall–Kier alpha value is -0.860. The molecular weight excluding hydrogens is 232 g/mol. The highest BCUT2D eigenvalue weighted by atomic mass is 15.2. The third-order valence-corrected chi connectivity index (χ3v) is 4.80. The summed E-state index contributed by atoms with van der Waals surface area (Å²) in [5.41, 5.74) is 3.06. The van der Waals surface area contributed by atoms with E-state index in [0.29, 0.717) is 6.04 Å². The normalized spacial score (nSPS) is 21.7. The van der Waals surface area contributed by atoms with Crippen LogP contribution in [0.4, 0.5) is 0 Å². The molecule has 19 heavy (non-hydrogen) atoms. The van der Waals surface area contributed by atoms with Gasteiger partial charge in [-0.15, -0.1) is 0 Å². The second-order valence-electron chi connectivity index (χ2n) is 6.15. The molecule has 0 aromatic heterocycles. The first kappa shape index (κ1) is 13.1. The lowest BCUT2D eigenvalue weighted by Gasteiger charge is -2.28. The van der Waals surface area contributed by atoms with Crippen molar-refractivity contribution in [3.63, 3.8) is 0 Å². The number of benzene rings is 1. The highest BCUT2D eigenvalue weighted by Gasteiger charge is 2.28. The molecule has 1 unspecified atom stereocenters. The third-order valence-electron chi connectivity index (χ3n) is 4.80. The molecule has 1 aromatic rings. The summed E-state index contributed by atoms with van der Waals surface area (Å²) < 4.78 is 0. The molecule has 1 aliphatic carbocycles. The first-order valence-electron chi connectivity index (χ1n) is 7.89. The summed E-state index contributed by atoms with van der Waals surface area (Å²) in [6.45, 7) is 6.84. The Labute approximate surface area is 117 Å². The monoisotopic (exact) mass is 258 g/mol. The first-order valence-corrected chi connectivity index (χ1v) is 7.89. The van der Waals surface area contributed by atoms with Crippen LogP contribution in [0.15, 0.2) is 24.3 Å². The van der Waals surface area contributed by atoms with E-state index in [2.05, 4.69) is 41.4 Å². The molecule has 0 radical (unpaired) electrons. The van der Waals surface area contributed by atoms with Crippen molar-refractivity contribution >= 4 is 0 Å². The second-order valence-corrected chi connectivity index (χ2v) is 6.15. The van der Waals surface area contributed by atoms with Crippen LogP contribution in [0.5, 0.6) is 0 Å². The Bertz CT molecular complexity index is 384. The smallest absolute Gasteiger partial charge is 0.0241 e. The Morgan fingerprint density at radius 3 is 2.37 bits per heavy atom. The van der Waals surface area contributed by atoms with Crippen LogP contribution >= 0.6 is 0 Å². The maximum absolute atomic E-state index is 3.74. The van der Waals surface area contributed by atoms with Gasteiger partial charge in [0.15, 0.2) is 0 Å². The minimum absolute atomic E-state index is 0.696. The number of hydrogen-bond donors (Lipinski definition) is 1. The zero-order valence-corrected chi connectivity index (χ0v) is 12.1. The van der Waals surface area contributed by atoms with Crippen LogP contribution in [0.1, 0.15) is 43.7 Å². The molecule has 0 amide bonds. The van der Waals surface area contributed by atoms with Crippen molar-refractivity contribution in [2.45, 2.75) is 51.7 Å². The maximum Gasteiger partial charge on any atom is 0.0241 e. The fraction of sp³-hybridized carbons (Fsp3) is 0.647. The summed E-state index contributed by atoms with van der Waals surface area (Å²) in [6.07, 6.45) is 5.73. The predicted molar refractivity (Wildman–Crippen MR) is 80.0 cm³/mol. The van der Waals surface area contributed by atoms with Crippen molar-refractivity contribution in [2.75, 3.05) is 13.1 Å². The maximum atomic E-state index is 3.74. The third kappa shape index (κ3) is 3.01. The molecule has 104 valence electrons. The number of rotatable bonds is 5. The minimum Gasteiger partial charge on any atom is -0.313 e. The van der Waals surface area contributed by atoms with E-state index in [1.807, 2.05) is 0 Å². The van der Waals surface area contributed by atoms with Crippen LogP contribution in [-0.2, 0) is 13.1 Å². The quantitative estimate of drug-likeness (QED) is 0.872. The fourth-order valence-electron chi connectivity index (χ4n) is 3.81. The topological polar surface area (TPSA) is 15.3 Å². The van der Waals surface area contributed by atoms with Crippen molar-refractivity contribution in [2.24, 2.45) is 5.92 Å². The molecule has 0 bridgehead atoms. The van der Waals surface area contributed by atoms with E-state index in [0.717, 1.165) is 25.6 Å². The van der Waals surface area contributed by atoms with E-state index >= 15 is 0 Å². The van der Waals surface area contributed by atoms with Crippen LogP contribution in [0.3, 0.4) is 0 Å². The van der Waals surface area contributed by atoms with Crippen molar-refractivity contribution < 1.29 is 0 Å². The summed E-state index contributed by atoms with van der Waals surface area (Å²) in [5, 5.41) is 3.74. The van der Waals surface area contributed by atoms with Crippen molar-refractivity contribution in [3.8, 4) is 0 Å². The molecular formula is C17H26N2. The Balaban J connectivity index is 1.61. The van der Waals surface area contributed by atoms with Gasteiger partial charge in [0.1, 0.15) is 0 Å². The van der Waals surface area contributed by atoms with Gasteiger partial charge < -0.3 is 5.32 Å². The Morgan fingerprint density at radius 1 is 1.16 bits per heavy atom. The van der Waals surface area contributed by atoms with Gasteiger partial charge in [0.05, 0.1) is 0 Å². The number of nitrogens with one attached hydrogen (secondary N) is 1. The van der Waals surface area contributed by atoms with Gasteiger partial charge in [-0.1, -0.05) is 44.0 Å². The van der Waals surface area contributed by atoms with Crippen LogP contribution in [0, 0.1) is 5.92 Å². The lowest BCUT2D eigenvalue weighted by Crippen LogP contribution is -2.43. The van der Waals surface area contributed by atoms with Crippen molar-refractivity contribution in [3.05, 3.63) is 35.4 Å². The van der Waals surface area contributed by atoms with Gasteiger partial charge in [-0.25, -0.2) is 0 Å². The summed E-state index contributed by atoms with van der Waals surface area (Å²) in [4.78, 5) is 2.62. The van der Waals surface area contributed by atoms with Gasteiger partial charge >= 0.3 is 0 Å². The van der Waals surface area contributed by atoms with E-state index in [4.69, 9.17) is 0 Å². The van der Waals surface area contributed by atoms with E-state index in [1.54, 1.807) is 0 Å². The predicted octanol–water partition coefficient (Wildman–Crippen LogP) is 3.17. The Morgan fingerprint density at radius 2 is 1.79 bits per heavy atom. The molecule has 2 nitrogen and oxygen atoms in total. The largest absolute Gasteiger partial charge is 0.313 e. The van der Waals surface area contributed by atoms with Gasteiger partial charge in [-0.2, -0.15) is 0 Å². The van der Waals surface area contributed by atoms with Crippen molar-refractivity contribution in [1.29, 1.82) is 0 Å². The summed E-state index contributed by atoms with van der Waals surface area (Å²) in [5.74, 6) is 0.906. The number of hydrogen-bond acceptors (Lipinski definition) is 2. The summed E-state index contributed by atoms with van der Waals surface area (Å²) >= 11 is 0. The molecule has 1 aromatic carbocycles. The molecule has 0 saturated heterocycles. The van der Waals surface area contributed by atoms with Crippen LogP contribution in [0.2, 0.25) is 0 Å². The van der Waals surface area contributed by atoms with Gasteiger partial charge in [0, 0.05) is 25.7 Å². The SMILES string of the molecule is CCNC(CN1Cc2ccccc2C1)C1CCCC1. The standard InChI is InChI=1S/C17H26N2/c1-2-18-17(14-7-3-4-8-14)13-19-11-15-9-5-6-10-16(15)12-19/h5-6,9-10,14,17-18H,2-4,7-8,11-13H2,1H3. The molecule has 1 heterocycles. The second kappa shape index (κ2) is 6.06. The van der Waals surface area contributed by atoms with Gasteiger partial charge in [-0.05, 0) is 36.4 Å². The van der Waals surface area contributed by atoms with Crippen LogP contribution in [0.25, 0.3) is 0 Å². The zero-order chi connectivity index (χ0) is 13.1. The van der Waals surface area contributed by atoms with E-state index in [1.165, 1.54) is 43.4 Å². The number of likely N-dealkylation sites (N-methyl/N-ethyl adjacent to an activating group) is 1. The molecule has 1 N–H and O–H groups in total. The molecule has 1 atom stereocenters. The summed E-state index contributed by atoms with van der Waals surface area (Å²) in [7, 11) is 0. The number of nitrogens with zero attached hydrogens (tertiary/aromatic N) is 1. The lowest BCUT2D eigenvalue weighted by molar-refractivity contribution is 0.212. The highest BCUT2D eigenvalue weighted by Crippen LogP contribution is 2.30. The van der Waals surface area contributed by atoms with E-state index in [9.17, 15) is 0 Å². The molecule has 2 heteroatoms. The lowest BCUT2D eigenvalue weighted by atomic mass is 9.97. The highest BCUT2D eigenvalue weighted by molar-refractivity contribution is 5.30. The Kier molecular flexibility index (Phi) is 4.19. The van der Waals surface area contributed by atoms with Crippen LogP contribution in [-0.4, -0.2) is 24.0 Å². The molecule has 3 rings (SSSR count). The van der Waals surface area contributed by atoms with E-state index in [-0.39, 0.29) is 0 Å². The van der Waals surface area contributed by atoms with Gasteiger partial charge in [0.2, 0.25) is 0 Å². The minimum atomic E-state index is 0.696. The molecule has 0 spiro atoms. The summed E-state index contributed by atoms with van der Waals surface area (Å²) in [6, 6.07) is 9.60. The average Bonchev–Trinajstić information content (AvgIpc) is 3.07. The zero-order valence-electron chi connectivity index (χ0n) is 12.1. The van der Waals surface area contributed by atoms with Crippen molar-refractivity contribution in [1.82, 2.24) is 10.2 Å². The van der Waals surface area contributed by atoms with Crippen LogP contribution < -0.4 is 5.32 Å². The molecule has 1 saturated carbocycles. The average molecular weight is 258 g/mol. The fourth-order valence-corrected chi connectivity index (χ4v) is 3.81. The molecule has 2 aliphatic rings. The molecule has 1 fully saturated rings.